The first kappa shape index (κ1) is 16.5. The number of aromatic nitrogens is 3. The second kappa shape index (κ2) is 7.05. The molecule has 24 heavy (non-hydrogen) atoms. The monoisotopic (exact) mass is 341 g/mol. The normalized spacial score (nSPS) is 11.0. The summed E-state index contributed by atoms with van der Waals surface area (Å²) in [5.41, 5.74) is 4.16. The summed E-state index contributed by atoms with van der Waals surface area (Å²) in [5, 5.41) is 5.19. The van der Waals surface area contributed by atoms with Gasteiger partial charge in [0.05, 0.1) is 12.3 Å². The van der Waals surface area contributed by atoms with Crippen molar-refractivity contribution in [2.45, 2.75) is 25.3 Å². The van der Waals surface area contributed by atoms with Gasteiger partial charge in [0.2, 0.25) is 0 Å². The summed E-state index contributed by atoms with van der Waals surface area (Å²) >= 11 is 1.41. The molecule has 2 heterocycles. The van der Waals surface area contributed by atoms with Crippen molar-refractivity contribution in [2.75, 3.05) is 12.9 Å². The van der Waals surface area contributed by atoms with Gasteiger partial charge in [-0.05, 0) is 31.2 Å². The van der Waals surface area contributed by atoms with Gasteiger partial charge in [-0.3, -0.25) is 0 Å². The van der Waals surface area contributed by atoms with Crippen LogP contribution in [0.25, 0.3) is 16.9 Å². The smallest absolute Gasteiger partial charge is 0.344 e. The molecule has 0 fully saturated rings. The number of thioether (sulfide) groups is 1. The first-order valence-electron chi connectivity index (χ1n) is 7.87. The highest BCUT2D eigenvalue weighted by Gasteiger charge is 2.23. The number of rotatable bonds is 5. The standard InChI is InChI=1S/C18H19N3O2S/c1-4-12-6-8-13(9-7-12)14-10-11-19-16-15(18(22)23-5-2)17(24-3)20-21(14)16/h6-11H,4-5H2,1-3H3. The second-order valence-corrected chi connectivity index (χ2v) is 6.02. The van der Waals surface area contributed by atoms with Gasteiger partial charge in [0.15, 0.2) is 5.65 Å². The Balaban J connectivity index is 2.18. The Hall–Kier alpha value is -2.34. The van der Waals surface area contributed by atoms with Crippen LogP contribution in [0, 0.1) is 0 Å². The number of carbonyl (C=O) groups is 1. The highest BCUT2D eigenvalue weighted by atomic mass is 32.2. The van der Waals surface area contributed by atoms with E-state index in [4.69, 9.17) is 4.74 Å². The molecule has 0 aliphatic carbocycles. The van der Waals surface area contributed by atoms with Crippen molar-refractivity contribution in [2.24, 2.45) is 0 Å². The number of nitrogens with zero attached hydrogens (tertiary/aromatic N) is 3. The second-order valence-electron chi connectivity index (χ2n) is 5.22. The SMILES string of the molecule is CCOC(=O)c1c(SC)nn2c(-c3ccc(CC)cc3)ccnc12. The van der Waals surface area contributed by atoms with Crippen LogP contribution in [0.4, 0.5) is 0 Å². The lowest BCUT2D eigenvalue weighted by Crippen LogP contribution is -2.06. The molecule has 0 atom stereocenters. The molecule has 0 bridgehead atoms. The van der Waals surface area contributed by atoms with Gasteiger partial charge in [-0.25, -0.2) is 14.3 Å². The number of fused-ring (bicyclic) bond motifs is 1. The summed E-state index contributed by atoms with van der Waals surface area (Å²) in [6, 6.07) is 10.2. The van der Waals surface area contributed by atoms with Gasteiger partial charge in [0, 0.05) is 11.8 Å². The quantitative estimate of drug-likeness (QED) is 0.521. The van der Waals surface area contributed by atoms with Crippen LogP contribution in [0.1, 0.15) is 29.8 Å². The molecule has 2 aromatic heterocycles. The average Bonchev–Trinajstić information content (AvgIpc) is 3.00. The zero-order valence-electron chi connectivity index (χ0n) is 13.9. The highest BCUT2D eigenvalue weighted by molar-refractivity contribution is 7.98. The predicted octanol–water partition coefficient (Wildman–Crippen LogP) is 3.86. The Labute approximate surface area is 145 Å². The third kappa shape index (κ3) is 2.89. The zero-order chi connectivity index (χ0) is 17.1. The summed E-state index contributed by atoms with van der Waals surface area (Å²) in [5.74, 6) is -0.386. The number of aryl methyl sites for hydroxylation is 1. The number of hydrogen-bond acceptors (Lipinski definition) is 5. The fourth-order valence-corrected chi connectivity index (χ4v) is 3.12. The molecule has 3 rings (SSSR count). The molecule has 0 N–H and O–H groups in total. The Morgan fingerprint density at radius 3 is 2.58 bits per heavy atom. The Bertz CT molecular complexity index is 872. The minimum atomic E-state index is -0.386. The van der Waals surface area contributed by atoms with Gasteiger partial charge >= 0.3 is 5.97 Å². The van der Waals surface area contributed by atoms with Crippen LogP contribution in [0.2, 0.25) is 0 Å². The van der Waals surface area contributed by atoms with Crippen LogP contribution >= 0.6 is 11.8 Å². The minimum Gasteiger partial charge on any atom is -0.462 e. The summed E-state index contributed by atoms with van der Waals surface area (Å²) < 4.78 is 6.89. The van der Waals surface area contributed by atoms with Gasteiger partial charge in [-0.2, -0.15) is 5.10 Å². The van der Waals surface area contributed by atoms with E-state index in [1.54, 1.807) is 17.6 Å². The van der Waals surface area contributed by atoms with E-state index >= 15 is 0 Å². The largest absolute Gasteiger partial charge is 0.462 e. The molecule has 124 valence electrons. The fourth-order valence-electron chi connectivity index (χ4n) is 2.58. The minimum absolute atomic E-state index is 0.322. The molecule has 0 amide bonds. The molecule has 1 aromatic carbocycles. The number of hydrogen-bond donors (Lipinski definition) is 0. The Kier molecular flexibility index (Phi) is 4.85. The van der Waals surface area contributed by atoms with E-state index < -0.39 is 0 Å². The molecule has 0 unspecified atom stereocenters. The molecule has 3 aromatic rings. The van der Waals surface area contributed by atoms with Crippen LogP contribution in [0.5, 0.6) is 0 Å². The van der Waals surface area contributed by atoms with E-state index in [0.29, 0.717) is 22.8 Å². The van der Waals surface area contributed by atoms with E-state index in [2.05, 4.69) is 41.3 Å². The van der Waals surface area contributed by atoms with E-state index in [0.717, 1.165) is 17.7 Å². The third-order valence-electron chi connectivity index (χ3n) is 3.82. The predicted molar refractivity (Wildman–Crippen MR) is 95.5 cm³/mol. The van der Waals surface area contributed by atoms with Crippen molar-refractivity contribution in [1.82, 2.24) is 14.6 Å². The van der Waals surface area contributed by atoms with Gasteiger partial charge in [0.1, 0.15) is 10.6 Å². The lowest BCUT2D eigenvalue weighted by atomic mass is 10.1. The third-order valence-corrected chi connectivity index (χ3v) is 4.49. The summed E-state index contributed by atoms with van der Waals surface area (Å²) in [6.07, 6.45) is 4.59. The van der Waals surface area contributed by atoms with Crippen LogP contribution in [-0.4, -0.2) is 33.4 Å². The van der Waals surface area contributed by atoms with Crippen molar-refractivity contribution in [3.05, 3.63) is 47.7 Å². The van der Waals surface area contributed by atoms with Crippen molar-refractivity contribution in [1.29, 1.82) is 0 Å². The van der Waals surface area contributed by atoms with E-state index in [1.807, 2.05) is 12.3 Å². The van der Waals surface area contributed by atoms with Crippen LogP contribution in [-0.2, 0) is 11.2 Å². The summed E-state index contributed by atoms with van der Waals surface area (Å²) in [6.45, 7) is 4.24. The average molecular weight is 341 g/mol. The molecule has 5 nitrogen and oxygen atoms in total. The highest BCUT2D eigenvalue weighted by Crippen LogP contribution is 2.27. The summed E-state index contributed by atoms with van der Waals surface area (Å²) in [7, 11) is 0. The van der Waals surface area contributed by atoms with E-state index in [-0.39, 0.29) is 5.97 Å². The molecule has 0 saturated carbocycles. The van der Waals surface area contributed by atoms with Gasteiger partial charge in [-0.15, -0.1) is 11.8 Å². The first-order valence-corrected chi connectivity index (χ1v) is 9.10. The lowest BCUT2D eigenvalue weighted by Gasteiger charge is -2.06. The van der Waals surface area contributed by atoms with E-state index in [9.17, 15) is 4.79 Å². The fraction of sp³-hybridized carbons (Fsp3) is 0.278. The van der Waals surface area contributed by atoms with Gasteiger partial charge in [0.25, 0.3) is 0 Å². The molecule has 0 spiro atoms. The van der Waals surface area contributed by atoms with Crippen LogP contribution < -0.4 is 0 Å². The van der Waals surface area contributed by atoms with Crippen molar-refractivity contribution in [3.8, 4) is 11.3 Å². The van der Waals surface area contributed by atoms with E-state index in [1.165, 1.54) is 17.3 Å². The maximum Gasteiger partial charge on any atom is 0.344 e. The van der Waals surface area contributed by atoms with Crippen LogP contribution in [0.15, 0.2) is 41.6 Å². The van der Waals surface area contributed by atoms with Gasteiger partial charge in [-0.1, -0.05) is 31.2 Å². The van der Waals surface area contributed by atoms with Crippen molar-refractivity contribution >= 4 is 23.4 Å². The van der Waals surface area contributed by atoms with Crippen LogP contribution in [0.3, 0.4) is 0 Å². The Morgan fingerprint density at radius 1 is 1.21 bits per heavy atom. The molecule has 6 heteroatoms. The topological polar surface area (TPSA) is 56.5 Å². The molecule has 0 aliphatic heterocycles. The molecular weight excluding hydrogens is 322 g/mol. The Morgan fingerprint density at radius 2 is 1.96 bits per heavy atom. The van der Waals surface area contributed by atoms with Gasteiger partial charge < -0.3 is 4.74 Å². The first-order chi connectivity index (χ1) is 11.7. The van der Waals surface area contributed by atoms with Crippen molar-refractivity contribution in [3.63, 3.8) is 0 Å². The summed E-state index contributed by atoms with van der Waals surface area (Å²) in [4.78, 5) is 16.7. The maximum absolute atomic E-state index is 12.3. The molecule has 0 saturated heterocycles. The number of esters is 1. The molecule has 0 aliphatic rings. The zero-order valence-corrected chi connectivity index (χ0v) is 14.8. The lowest BCUT2D eigenvalue weighted by molar-refractivity contribution is 0.0524. The number of benzene rings is 1. The number of ether oxygens (including phenoxy) is 1. The molecular formula is C18H19N3O2S. The maximum atomic E-state index is 12.3. The molecule has 0 radical (unpaired) electrons. The number of carbonyl (C=O) groups excluding carboxylic acids is 1. The van der Waals surface area contributed by atoms with Crippen molar-refractivity contribution < 1.29 is 9.53 Å².